The van der Waals surface area contributed by atoms with E-state index in [0.29, 0.717) is 16.6 Å². The van der Waals surface area contributed by atoms with Gasteiger partial charge < -0.3 is 5.32 Å². The summed E-state index contributed by atoms with van der Waals surface area (Å²) in [5.41, 5.74) is 1.97. The zero-order chi connectivity index (χ0) is 15.7. The molecule has 0 saturated carbocycles. The molecule has 0 bridgehead atoms. The van der Waals surface area contributed by atoms with Gasteiger partial charge in [-0.05, 0) is 58.5 Å². The summed E-state index contributed by atoms with van der Waals surface area (Å²) in [7, 11) is 0. The van der Waals surface area contributed by atoms with E-state index >= 15 is 0 Å². The molecule has 1 aliphatic heterocycles. The molecule has 3 nitrogen and oxygen atoms in total. The molecule has 0 unspecified atom stereocenters. The summed E-state index contributed by atoms with van der Waals surface area (Å²) in [5, 5.41) is 3.32. The zero-order valence-electron chi connectivity index (χ0n) is 11.1. The number of amidine groups is 1. The van der Waals surface area contributed by atoms with Crippen molar-refractivity contribution < 1.29 is 4.79 Å². The number of rotatable bonds is 2. The average Bonchev–Trinajstić information content (AvgIpc) is 2.85. The van der Waals surface area contributed by atoms with Crippen molar-refractivity contribution >= 4 is 67.9 Å². The summed E-state index contributed by atoms with van der Waals surface area (Å²) >= 11 is 11.8. The topological polar surface area (TPSA) is 41.5 Å². The molecule has 1 heterocycles. The molecule has 2 aromatic carbocycles. The second kappa shape index (κ2) is 6.52. The van der Waals surface area contributed by atoms with Crippen molar-refractivity contribution in [2.45, 2.75) is 0 Å². The van der Waals surface area contributed by atoms with E-state index in [9.17, 15) is 4.79 Å². The van der Waals surface area contributed by atoms with Gasteiger partial charge in [0.05, 0.1) is 5.02 Å². The Morgan fingerprint density at radius 2 is 2.00 bits per heavy atom. The molecule has 0 saturated heterocycles. The highest BCUT2D eigenvalue weighted by Crippen LogP contribution is 2.24. The maximum Gasteiger partial charge on any atom is 0.275 e. The molecule has 0 radical (unpaired) electrons. The highest BCUT2D eigenvalue weighted by Gasteiger charge is 2.23. The Labute approximate surface area is 154 Å². The van der Waals surface area contributed by atoms with Crippen LogP contribution in [0.1, 0.15) is 11.1 Å². The van der Waals surface area contributed by atoms with Crippen LogP contribution in [0.2, 0.25) is 5.02 Å². The summed E-state index contributed by atoms with van der Waals surface area (Å²) < 4.78 is 1.93. The molecule has 22 heavy (non-hydrogen) atoms. The van der Waals surface area contributed by atoms with Crippen LogP contribution in [-0.2, 0) is 4.79 Å². The molecule has 0 atom stereocenters. The van der Waals surface area contributed by atoms with Crippen molar-refractivity contribution in [3.8, 4) is 0 Å². The minimum Gasteiger partial charge on any atom is -0.305 e. The van der Waals surface area contributed by atoms with Gasteiger partial charge in [-0.3, -0.25) is 4.79 Å². The second-order valence-corrected chi connectivity index (χ2v) is 7.10. The van der Waals surface area contributed by atoms with Crippen LogP contribution in [0.3, 0.4) is 0 Å². The fourth-order valence-electron chi connectivity index (χ4n) is 2.01. The molecule has 0 aromatic heterocycles. The first-order valence-electron chi connectivity index (χ1n) is 6.36. The molecule has 110 valence electrons. The Hall–Kier alpha value is -1.18. The predicted molar refractivity (Wildman–Crippen MR) is 101 cm³/mol. The molecule has 6 heteroatoms. The van der Waals surface area contributed by atoms with Gasteiger partial charge in [-0.1, -0.05) is 45.7 Å². The highest BCUT2D eigenvalue weighted by atomic mass is 127. The lowest BCUT2D eigenvalue weighted by molar-refractivity contribution is -0.115. The van der Waals surface area contributed by atoms with Gasteiger partial charge in [0.2, 0.25) is 0 Å². The van der Waals surface area contributed by atoms with Gasteiger partial charge >= 0.3 is 0 Å². The number of carbonyl (C=O) groups excluding carboxylic acids is 1. The first kappa shape index (κ1) is 15.7. The van der Waals surface area contributed by atoms with Crippen LogP contribution in [0, 0.1) is 3.57 Å². The molecule has 3 rings (SSSR count). The Bertz CT molecular complexity index is 833. The number of nitrogens with zero attached hydrogens (tertiary/aromatic N) is 1. The summed E-state index contributed by atoms with van der Waals surface area (Å²) in [4.78, 5) is 16.5. The Balaban J connectivity index is 2.02. The quantitative estimate of drug-likeness (QED) is 0.487. The summed E-state index contributed by atoms with van der Waals surface area (Å²) in [6, 6.07) is 13.2. The Morgan fingerprint density at radius 1 is 1.23 bits per heavy atom. The third kappa shape index (κ3) is 3.26. The minimum atomic E-state index is -0.235. The Morgan fingerprint density at radius 3 is 2.77 bits per heavy atom. The molecule has 0 spiro atoms. The standard InChI is InChI=1S/C16H9BrClIN2O/c17-12-4-2-1-3-9(12)7-14-16(22)21-15(20-14)11-8-10(19)5-6-13(11)18/h1-8H,(H,20,21,22)/b14-7+. The van der Waals surface area contributed by atoms with E-state index in [1.165, 1.54) is 0 Å². The second-order valence-electron chi connectivity index (χ2n) is 4.59. The fourth-order valence-corrected chi connectivity index (χ4v) is 3.11. The largest absolute Gasteiger partial charge is 0.305 e. The monoisotopic (exact) mass is 486 g/mol. The molecule has 1 amide bonds. The number of benzene rings is 2. The van der Waals surface area contributed by atoms with Crippen LogP contribution in [0.15, 0.2) is 57.6 Å². The van der Waals surface area contributed by atoms with Gasteiger partial charge in [0.15, 0.2) is 0 Å². The van der Waals surface area contributed by atoms with Crippen LogP contribution >= 0.6 is 50.1 Å². The number of halogens is 3. The molecule has 0 aliphatic carbocycles. The molecular weight excluding hydrogens is 478 g/mol. The van der Waals surface area contributed by atoms with E-state index < -0.39 is 0 Å². The first-order chi connectivity index (χ1) is 10.5. The number of nitrogens with one attached hydrogen (secondary N) is 1. The van der Waals surface area contributed by atoms with E-state index in [2.05, 4.69) is 48.8 Å². The van der Waals surface area contributed by atoms with Gasteiger partial charge in [-0.25, -0.2) is 4.99 Å². The van der Waals surface area contributed by atoms with Gasteiger partial charge in [-0.2, -0.15) is 0 Å². The summed E-state index contributed by atoms with van der Waals surface area (Å²) in [6.07, 6.45) is 1.74. The highest BCUT2D eigenvalue weighted by molar-refractivity contribution is 14.1. The van der Waals surface area contributed by atoms with Crippen LogP contribution in [0.4, 0.5) is 0 Å². The third-order valence-corrected chi connectivity index (χ3v) is 4.80. The van der Waals surface area contributed by atoms with Gasteiger partial charge in [0.25, 0.3) is 5.91 Å². The van der Waals surface area contributed by atoms with Crippen molar-refractivity contribution in [3.63, 3.8) is 0 Å². The number of aliphatic imine (C=N–C) groups is 1. The van der Waals surface area contributed by atoms with Gasteiger partial charge in [0, 0.05) is 13.6 Å². The third-order valence-electron chi connectivity index (χ3n) is 3.08. The predicted octanol–water partition coefficient (Wildman–Crippen LogP) is 4.62. The van der Waals surface area contributed by atoms with Crippen molar-refractivity contribution in [3.05, 3.63) is 72.4 Å². The van der Waals surface area contributed by atoms with E-state index in [0.717, 1.165) is 19.2 Å². The van der Waals surface area contributed by atoms with Crippen LogP contribution < -0.4 is 5.32 Å². The van der Waals surface area contributed by atoms with Crippen molar-refractivity contribution in [1.82, 2.24) is 5.32 Å². The molecule has 0 fully saturated rings. The first-order valence-corrected chi connectivity index (χ1v) is 8.61. The SMILES string of the molecule is O=C1NC(c2cc(I)ccc2Cl)=N/C1=C/c1ccccc1Br. The summed E-state index contributed by atoms with van der Waals surface area (Å²) in [6.45, 7) is 0. The Kier molecular flexibility index (Phi) is 4.65. The number of hydrogen-bond acceptors (Lipinski definition) is 2. The number of hydrogen-bond donors (Lipinski definition) is 1. The lowest BCUT2D eigenvalue weighted by Gasteiger charge is -2.03. The maximum absolute atomic E-state index is 12.1. The average molecular weight is 488 g/mol. The molecular formula is C16H9BrClIN2O. The van der Waals surface area contributed by atoms with Gasteiger partial charge in [0.1, 0.15) is 11.5 Å². The molecule has 1 aliphatic rings. The van der Waals surface area contributed by atoms with E-state index in [1.54, 1.807) is 12.1 Å². The van der Waals surface area contributed by atoms with Gasteiger partial charge in [-0.15, -0.1) is 0 Å². The summed E-state index contributed by atoms with van der Waals surface area (Å²) in [5.74, 6) is 0.243. The van der Waals surface area contributed by atoms with E-state index in [4.69, 9.17) is 11.6 Å². The van der Waals surface area contributed by atoms with Crippen LogP contribution in [-0.4, -0.2) is 11.7 Å². The lowest BCUT2D eigenvalue weighted by Crippen LogP contribution is -2.25. The fraction of sp³-hybridized carbons (Fsp3) is 0. The van der Waals surface area contributed by atoms with Crippen molar-refractivity contribution in [2.75, 3.05) is 0 Å². The smallest absolute Gasteiger partial charge is 0.275 e. The van der Waals surface area contributed by atoms with Crippen LogP contribution in [0.25, 0.3) is 6.08 Å². The number of amides is 1. The molecule has 2 aromatic rings. The number of carbonyl (C=O) groups is 1. The van der Waals surface area contributed by atoms with E-state index in [-0.39, 0.29) is 5.91 Å². The van der Waals surface area contributed by atoms with Crippen molar-refractivity contribution in [2.24, 2.45) is 4.99 Å². The minimum absolute atomic E-state index is 0.235. The van der Waals surface area contributed by atoms with Crippen LogP contribution in [0.5, 0.6) is 0 Å². The molecule has 1 N–H and O–H groups in total. The lowest BCUT2D eigenvalue weighted by atomic mass is 10.2. The normalized spacial score (nSPS) is 15.9. The van der Waals surface area contributed by atoms with Crippen molar-refractivity contribution in [1.29, 1.82) is 0 Å². The van der Waals surface area contributed by atoms with E-state index in [1.807, 2.05) is 36.4 Å². The zero-order valence-corrected chi connectivity index (χ0v) is 15.6. The maximum atomic E-state index is 12.1.